The van der Waals surface area contributed by atoms with E-state index in [0.29, 0.717) is 22.7 Å². The molecule has 0 radical (unpaired) electrons. The summed E-state index contributed by atoms with van der Waals surface area (Å²) in [5, 5.41) is 19.1. The number of nitriles is 1. The van der Waals surface area contributed by atoms with Crippen molar-refractivity contribution in [3.63, 3.8) is 0 Å². The Hall–Kier alpha value is -4.18. The Morgan fingerprint density at radius 3 is 2.41 bits per heavy atom. The fraction of sp³-hybridized carbons (Fsp3) is 0.136. The van der Waals surface area contributed by atoms with Crippen molar-refractivity contribution in [2.75, 3.05) is 0 Å². The number of benzene rings is 2. The van der Waals surface area contributed by atoms with Gasteiger partial charge in [-0.05, 0) is 42.3 Å². The highest BCUT2D eigenvalue weighted by Gasteiger charge is 2.44. The van der Waals surface area contributed by atoms with Gasteiger partial charge in [0.25, 0.3) is 0 Å². The van der Waals surface area contributed by atoms with Crippen molar-refractivity contribution in [2.45, 2.75) is 19.0 Å². The zero-order valence-electron chi connectivity index (χ0n) is 16.3. The first-order valence-corrected chi connectivity index (χ1v) is 9.15. The SMILES string of the molecule is [C-]#[N+]C1=C(c2cc(F)cc(F)c2)NC(C(F)(F)F)=C(C#N)C1c1ccc2n[nH]c(C)c2c1. The second-order valence-corrected chi connectivity index (χ2v) is 7.11. The van der Waals surface area contributed by atoms with Crippen LogP contribution in [0.5, 0.6) is 0 Å². The van der Waals surface area contributed by atoms with E-state index < -0.39 is 40.7 Å². The molecule has 2 heterocycles. The zero-order chi connectivity index (χ0) is 23.2. The Morgan fingerprint density at radius 2 is 1.81 bits per heavy atom. The molecule has 0 fully saturated rings. The molecule has 1 aliphatic rings. The van der Waals surface area contributed by atoms with Crippen LogP contribution >= 0.6 is 0 Å². The van der Waals surface area contributed by atoms with E-state index in [0.717, 1.165) is 12.1 Å². The fourth-order valence-electron chi connectivity index (χ4n) is 3.72. The summed E-state index contributed by atoms with van der Waals surface area (Å²) in [6, 6.07) is 8.36. The number of rotatable bonds is 2. The van der Waals surface area contributed by atoms with Gasteiger partial charge in [0.15, 0.2) is 0 Å². The molecule has 0 aliphatic carbocycles. The van der Waals surface area contributed by atoms with Crippen LogP contribution in [-0.4, -0.2) is 16.4 Å². The van der Waals surface area contributed by atoms with Crippen molar-refractivity contribution in [3.05, 3.63) is 93.2 Å². The number of hydrogen-bond donors (Lipinski definition) is 2. The molecule has 1 unspecified atom stereocenters. The maximum atomic E-state index is 13.9. The highest BCUT2D eigenvalue weighted by atomic mass is 19.4. The van der Waals surface area contributed by atoms with Crippen molar-refractivity contribution < 1.29 is 22.0 Å². The minimum absolute atomic E-state index is 0.238. The Balaban J connectivity index is 2.04. The molecule has 0 amide bonds. The first-order valence-electron chi connectivity index (χ1n) is 9.15. The number of nitrogens with one attached hydrogen (secondary N) is 2. The number of dihydropyridines is 1. The van der Waals surface area contributed by atoms with Crippen molar-refractivity contribution in [1.82, 2.24) is 15.5 Å². The van der Waals surface area contributed by atoms with E-state index in [1.807, 2.05) is 0 Å². The number of H-pyrrole nitrogens is 1. The van der Waals surface area contributed by atoms with Gasteiger partial charge >= 0.3 is 6.18 Å². The number of fused-ring (bicyclic) bond motifs is 1. The van der Waals surface area contributed by atoms with Crippen molar-refractivity contribution in [2.24, 2.45) is 0 Å². The summed E-state index contributed by atoms with van der Waals surface area (Å²) in [4.78, 5) is 3.37. The quantitative estimate of drug-likeness (QED) is 0.410. The molecule has 3 aromatic rings. The smallest absolute Gasteiger partial charge is 0.360 e. The van der Waals surface area contributed by atoms with Gasteiger partial charge in [0.1, 0.15) is 17.3 Å². The lowest BCUT2D eigenvalue weighted by Gasteiger charge is -2.30. The highest BCUT2D eigenvalue weighted by Crippen LogP contribution is 2.45. The van der Waals surface area contributed by atoms with Crippen molar-refractivity contribution in [1.29, 1.82) is 5.26 Å². The Bertz CT molecular complexity index is 1380. The van der Waals surface area contributed by atoms with Gasteiger partial charge in [-0.3, -0.25) is 5.10 Å². The molecule has 10 heteroatoms. The monoisotopic (exact) mass is 441 g/mol. The molecule has 0 saturated carbocycles. The standard InChI is InChI=1S/C22H12F5N5/c1-10-15-7-11(3-4-17(15)32-31-10)18-16(9-28)21(22(25,26)27)30-19(20(18)29-2)12-5-13(23)8-14(24)6-12/h3-8,18,30H,1H3,(H,31,32). The number of hydrogen-bond acceptors (Lipinski definition) is 3. The van der Waals surface area contributed by atoms with Gasteiger partial charge in [0.2, 0.25) is 5.70 Å². The van der Waals surface area contributed by atoms with Gasteiger partial charge in [-0.25, -0.2) is 13.6 Å². The lowest BCUT2D eigenvalue weighted by atomic mass is 9.82. The Labute approximate surface area is 178 Å². The average Bonchev–Trinajstić information content (AvgIpc) is 3.10. The van der Waals surface area contributed by atoms with Crippen LogP contribution in [0.1, 0.15) is 22.7 Å². The molecular weight excluding hydrogens is 429 g/mol. The summed E-state index contributed by atoms with van der Waals surface area (Å²) in [6.45, 7) is 9.35. The van der Waals surface area contributed by atoms with E-state index >= 15 is 0 Å². The van der Waals surface area contributed by atoms with E-state index in [-0.39, 0.29) is 16.8 Å². The second-order valence-electron chi connectivity index (χ2n) is 7.11. The molecule has 0 bridgehead atoms. The summed E-state index contributed by atoms with van der Waals surface area (Å²) in [7, 11) is 0. The molecule has 2 aromatic carbocycles. The number of alkyl halides is 3. The van der Waals surface area contributed by atoms with Crippen LogP contribution in [0.2, 0.25) is 0 Å². The van der Waals surface area contributed by atoms with Gasteiger partial charge in [-0.1, -0.05) is 6.07 Å². The Kier molecular flexibility index (Phi) is 4.94. The lowest BCUT2D eigenvalue weighted by molar-refractivity contribution is -0.0962. The zero-order valence-corrected chi connectivity index (χ0v) is 16.3. The molecule has 0 spiro atoms. The van der Waals surface area contributed by atoms with Gasteiger partial charge in [0.05, 0.1) is 29.6 Å². The third-order valence-corrected chi connectivity index (χ3v) is 5.12. The molecule has 0 saturated heterocycles. The number of allylic oxidation sites excluding steroid dienone is 2. The third-order valence-electron chi connectivity index (χ3n) is 5.12. The van der Waals surface area contributed by atoms with Crippen molar-refractivity contribution >= 4 is 16.6 Å². The van der Waals surface area contributed by atoms with E-state index in [4.69, 9.17) is 6.57 Å². The number of aromatic nitrogens is 2. The molecule has 1 aromatic heterocycles. The maximum absolute atomic E-state index is 13.9. The maximum Gasteiger partial charge on any atom is 0.432 e. The second kappa shape index (κ2) is 7.50. The van der Waals surface area contributed by atoms with E-state index in [1.54, 1.807) is 25.1 Å². The van der Waals surface area contributed by atoms with Crippen molar-refractivity contribution in [3.8, 4) is 6.07 Å². The lowest BCUT2D eigenvalue weighted by Crippen LogP contribution is -2.33. The first-order chi connectivity index (χ1) is 15.1. The van der Waals surface area contributed by atoms with Crippen LogP contribution in [0.25, 0.3) is 21.4 Å². The molecule has 32 heavy (non-hydrogen) atoms. The summed E-state index contributed by atoms with van der Waals surface area (Å²) < 4.78 is 69.3. The average molecular weight is 441 g/mol. The van der Waals surface area contributed by atoms with Crippen LogP contribution in [-0.2, 0) is 0 Å². The van der Waals surface area contributed by atoms with E-state index in [2.05, 4.69) is 20.4 Å². The summed E-state index contributed by atoms with van der Waals surface area (Å²) >= 11 is 0. The minimum atomic E-state index is -4.98. The van der Waals surface area contributed by atoms with Crippen LogP contribution in [0, 0.1) is 36.5 Å². The van der Waals surface area contributed by atoms with Gasteiger partial charge < -0.3 is 5.32 Å². The van der Waals surface area contributed by atoms with Gasteiger partial charge in [0, 0.05) is 22.8 Å². The molecule has 1 aliphatic heterocycles. The fourth-order valence-corrected chi connectivity index (χ4v) is 3.72. The molecule has 1 atom stereocenters. The minimum Gasteiger partial charge on any atom is -0.360 e. The predicted molar refractivity (Wildman–Crippen MR) is 105 cm³/mol. The third kappa shape index (κ3) is 3.46. The predicted octanol–water partition coefficient (Wildman–Crippen LogP) is 5.46. The van der Waals surface area contributed by atoms with Crippen LogP contribution < -0.4 is 5.32 Å². The van der Waals surface area contributed by atoms with E-state index in [1.165, 1.54) is 6.07 Å². The van der Waals surface area contributed by atoms with Crippen LogP contribution in [0.15, 0.2) is 53.4 Å². The van der Waals surface area contributed by atoms with Crippen LogP contribution in [0.4, 0.5) is 22.0 Å². The van der Waals surface area contributed by atoms with Gasteiger partial charge in [-0.2, -0.15) is 23.5 Å². The molecule has 2 N–H and O–H groups in total. The number of aryl methyl sites for hydroxylation is 1. The summed E-state index contributed by atoms with van der Waals surface area (Å²) in [6.07, 6.45) is -4.98. The van der Waals surface area contributed by atoms with Gasteiger partial charge in [-0.15, -0.1) is 0 Å². The normalized spacial score (nSPS) is 16.7. The highest BCUT2D eigenvalue weighted by molar-refractivity contribution is 5.83. The van der Waals surface area contributed by atoms with E-state index in [9.17, 15) is 27.2 Å². The van der Waals surface area contributed by atoms with Crippen LogP contribution in [0.3, 0.4) is 0 Å². The number of halogens is 5. The first kappa shape index (κ1) is 21.1. The summed E-state index contributed by atoms with van der Waals surface area (Å²) in [5.41, 5.74) is -1.65. The number of nitrogens with zero attached hydrogens (tertiary/aromatic N) is 3. The number of aromatic amines is 1. The Morgan fingerprint density at radius 1 is 1.12 bits per heavy atom. The molecule has 4 rings (SSSR count). The summed E-state index contributed by atoms with van der Waals surface area (Å²) in [5.74, 6) is -3.45. The largest absolute Gasteiger partial charge is 0.432 e. The molecule has 160 valence electrons. The molecule has 5 nitrogen and oxygen atoms in total. The topological polar surface area (TPSA) is 68.9 Å². The molecular formula is C22H12F5N5.